The second-order valence-electron chi connectivity index (χ2n) is 11.7. The molecule has 2 aromatic carbocycles. The Morgan fingerprint density at radius 2 is 1.67 bits per heavy atom. The first-order valence-corrected chi connectivity index (χ1v) is 15.3. The van der Waals surface area contributed by atoms with Crippen molar-refractivity contribution >= 4 is 15.9 Å². The highest BCUT2D eigenvalue weighted by Gasteiger charge is 2.53. The van der Waals surface area contributed by atoms with Gasteiger partial charge in [-0.15, -0.1) is 0 Å². The van der Waals surface area contributed by atoms with Gasteiger partial charge in [0, 0.05) is 37.4 Å². The molecule has 2 atom stereocenters. The zero-order valence-electron chi connectivity index (χ0n) is 22.9. The number of hydrogen-bond donors (Lipinski definition) is 1. The first-order valence-electron chi connectivity index (χ1n) is 13.4. The third kappa shape index (κ3) is 5.32. The lowest BCUT2D eigenvalue weighted by Crippen LogP contribution is -2.51. The van der Waals surface area contributed by atoms with E-state index in [0.29, 0.717) is 32.2 Å². The van der Waals surface area contributed by atoms with E-state index in [-0.39, 0.29) is 6.04 Å². The minimum absolute atomic E-state index is 0.206. The van der Waals surface area contributed by atoms with Crippen molar-refractivity contribution < 1.29 is 23.1 Å². The van der Waals surface area contributed by atoms with E-state index in [1.54, 1.807) is 24.9 Å². The fourth-order valence-electron chi connectivity index (χ4n) is 5.82. The summed E-state index contributed by atoms with van der Waals surface area (Å²) < 4.78 is 29.8. The van der Waals surface area contributed by atoms with Crippen molar-refractivity contribution in [1.29, 1.82) is 0 Å². The van der Waals surface area contributed by atoms with Gasteiger partial charge in [0.1, 0.15) is 5.60 Å². The van der Waals surface area contributed by atoms with Crippen molar-refractivity contribution in [2.24, 2.45) is 0 Å². The summed E-state index contributed by atoms with van der Waals surface area (Å²) >= 11 is 0. The minimum atomic E-state index is -3.18. The van der Waals surface area contributed by atoms with Gasteiger partial charge in [0.25, 0.3) is 0 Å². The Morgan fingerprint density at radius 3 is 2.18 bits per heavy atom. The molecule has 1 amide bonds. The fourth-order valence-corrected chi connectivity index (χ4v) is 7.22. The van der Waals surface area contributed by atoms with Crippen LogP contribution in [0.25, 0.3) is 11.3 Å². The smallest absolute Gasteiger partial charge is 0.411 e. The lowest BCUT2D eigenvalue weighted by Gasteiger charge is -2.45. The monoisotopic (exact) mass is 548 g/mol. The topological polar surface area (TPSA) is 96.8 Å². The Morgan fingerprint density at radius 1 is 1.00 bits per heavy atom. The number of amides is 1. The van der Waals surface area contributed by atoms with E-state index in [2.05, 4.69) is 4.98 Å². The number of hydrogen-bond acceptors (Lipinski definition) is 6. The summed E-state index contributed by atoms with van der Waals surface area (Å²) in [6.07, 6.45) is 4.73. The Labute approximate surface area is 230 Å². The van der Waals surface area contributed by atoms with E-state index in [4.69, 9.17) is 4.74 Å². The molecule has 1 saturated carbocycles. The quantitative estimate of drug-likeness (QED) is 0.386. The maximum absolute atomic E-state index is 13.3. The lowest BCUT2D eigenvalue weighted by molar-refractivity contribution is -0.101. The first kappa shape index (κ1) is 27.3. The molecule has 2 fully saturated rings. The second kappa shape index (κ2) is 9.75. The van der Waals surface area contributed by atoms with E-state index in [9.17, 15) is 18.3 Å². The molecule has 2 unspecified atom stereocenters. The van der Waals surface area contributed by atoms with Gasteiger partial charge < -0.3 is 14.7 Å². The Kier molecular flexibility index (Phi) is 6.84. The van der Waals surface area contributed by atoms with Crippen LogP contribution in [0.5, 0.6) is 0 Å². The molecule has 0 radical (unpaired) electrons. The van der Waals surface area contributed by atoms with Crippen molar-refractivity contribution in [2.45, 2.75) is 68.4 Å². The van der Waals surface area contributed by atoms with Crippen LogP contribution in [0.2, 0.25) is 0 Å². The van der Waals surface area contributed by atoms with Crippen LogP contribution >= 0.6 is 0 Å². The van der Waals surface area contributed by atoms with Crippen LogP contribution in [-0.4, -0.2) is 47.9 Å². The summed E-state index contributed by atoms with van der Waals surface area (Å²) in [6, 6.07) is 21.1. The van der Waals surface area contributed by atoms with Gasteiger partial charge in [0.2, 0.25) is 0 Å². The molecule has 0 bridgehead atoms. The molecule has 7 nitrogen and oxygen atoms in total. The molecule has 8 heteroatoms. The summed E-state index contributed by atoms with van der Waals surface area (Å²) in [4.78, 5) is 19.6. The van der Waals surface area contributed by atoms with Gasteiger partial charge in [-0.05, 0) is 56.4 Å². The fraction of sp³-hybridized carbons (Fsp3) is 0.419. The molecular formula is C31H36N2O5S. The summed E-state index contributed by atoms with van der Waals surface area (Å²) in [5, 5.41) is 10.6. The number of nitrogens with zero attached hydrogens (tertiary/aromatic N) is 2. The van der Waals surface area contributed by atoms with Gasteiger partial charge in [-0.1, -0.05) is 60.7 Å². The summed E-state index contributed by atoms with van der Waals surface area (Å²) in [5.74, 6) is 0. The second-order valence-corrected chi connectivity index (χ2v) is 14.0. The average molecular weight is 549 g/mol. The molecule has 1 aliphatic heterocycles. The number of cyclic esters (lactones) is 1. The normalized spacial score (nSPS) is 21.8. The predicted molar refractivity (Wildman–Crippen MR) is 151 cm³/mol. The number of sulfone groups is 1. The van der Waals surface area contributed by atoms with Gasteiger partial charge in [-0.25, -0.2) is 13.2 Å². The number of aromatic nitrogens is 1. The SMILES string of the molecule is CC(c1ccc(-c2ccc(C3(S(C)(=O)=O)CC3)cn2)cc1)N1CCC(CC(C)(C)O)(c2ccccc2)OC1=O. The van der Waals surface area contributed by atoms with Crippen LogP contribution in [0, 0.1) is 0 Å². The standard InChI is InChI=1S/C31H36N2O5S/c1-22(33-19-18-30(38-28(33)34,21-29(2,3)35)25-8-6-5-7-9-25)23-10-12-24(13-11-23)27-15-14-26(20-32-27)31(16-17-31)39(4,36)37/h5-15,20,22,35H,16-19,21H2,1-4H3. The van der Waals surface area contributed by atoms with E-state index < -0.39 is 31.9 Å². The van der Waals surface area contributed by atoms with Crippen LogP contribution in [0.4, 0.5) is 4.79 Å². The minimum Gasteiger partial charge on any atom is -0.438 e. The molecular weight excluding hydrogens is 512 g/mol. The Balaban J connectivity index is 1.31. The number of carbonyl (C=O) groups excluding carboxylic acids is 1. The molecule has 0 spiro atoms. The first-order chi connectivity index (χ1) is 18.3. The van der Waals surface area contributed by atoms with Crippen LogP contribution in [0.15, 0.2) is 72.9 Å². The largest absolute Gasteiger partial charge is 0.438 e. The maximum atomic E-state index is 13.3. The van der Waals surface area contributed by atoms with Gasteiger partial charge in [0.05, 0.1) is 22.1 Å². The van der Waals surface area contributed by atoms with E-state index in [1.165, 1.54) is 6.26 Å². The predicted octanol–water partition coefficient (Wildman–Crippen LogP) is 5.74. The number of rotatable bonds is 8. The van der Waals surface area contributed by atoms with E-state index in [0.717, 1.165) is 27.9 Å². The van der Waals surface area contributed by atoms with Crippen molar-refractivity contribution in [2.75, 3.05) is 12.8 Å². The molecule has 5 rings (SSSR count). The van der Waals surface area contributed by atoms with Crippen LogP contribution < -0.4 is 0 Å². The third-order valence-electron chi connectivity index (χ3n) is 8.15. The van der Waals surface area contributed by atoms with Crippen molar-refractivity contribution in [3.63, 3.8) is 0 Å². The zero-order chi connectivity index (χ0) is 28.1. The molecule has 1 aliphatic carbocycles. The number of aliphatic hydroxyl groups is 1. The molecule has 2 aliphatic rings. The number of carbonyl (C=O) groups is 1. The summed E-state index contributed by atoms with van der Waals surface area (Å²) in [5.41, 5.74) is 2.39. The Hall–Kier alpha value is -3.23. The molecule has 1 saturated heterocycles. The number of benzene rings is 2. The molecule has 2 heterocycles. The number of ether oxygens (including phenoxy) is 1. The molecule has 3 aromatic rings. The summed E-state index contributed by atoms with van der Waals surface area (Å²) in [7, 11) is -3.18. The molecule has 206 valence electrons. The van der Waals surface area contributed by atoms with Gasteiger partial charge in [0.15, 0.2) is 9.84 Å². The lowest BCUT2D eigenvalue weighted by atomic mass is 9.80. The Bertz CT molecular complexity index is 1440. The maximum Gasteiger partial charge on any atom is 0.411 e. The van der Waals surface area contributed by atoms with Gasteiger partial charge >= 0.3 is 6.09 Å². The average Bonchev–Trinajstić information content (AvgIpc) is 3.71. The molecule has 39 heavy (non-hydrogen) atoms. The summed E-state index contributed by atoms with van der Waals surface area (Å²) in [6.45, 7) is 5.95. The highest BCUT2D eigenvalue weighted by Crippen LogP contribution is 2.52. The van der Waals surface area contributed by atoms with Gasteiger partial charge in [-0.3, -0.25) is 4.98 Å². The van der Waals surface area contributed by atoms with Crippen LogP contribution in [-0.2, 0) is 24.9 Å². The van der Waals surface area contributed by atoms with Crippen molar-refractivity contribution in [3.05, 3.63) is 89.6 Å². The van der Waals surface area contributed by atoms with Crippen molar-refractivity contribution in [3.8, 4) is 11.3 Å². The highest BCUT2D eigenvalue weighted by atomic mass is 32.2. The number of pyridine rings is 1. The van der Waals surface area contributed by atoms with Crippen LogP contribution in [0.1, 0.15) is 69.2 Å². The van der Waals surface area contributed by atoms with E-state index >= 15 is 0 Å². The van der Waals surface area contributed by atoms with Crippen LogP contribution in [0.3, 0.4) is 0 Å². The highest BCUT2D eigenvalue weighted by molar-refractivity contribution is 7.92. The van der Waals surface area contributed by atoms with Gasteiger partial charge in [-0.2, -0.15) is 0 Å². The zero-order valence-corrected chi connectivity index (χ0v) is 23.7. The molecule has 1 aromatic heterocycles. The van der Waals surface area contributed by atoms with Crippen molar-refractivity contribution in [1.82, 2.24) is 9.88 Å². The van der Waals surface area contributed by atoms with E-state index in [1.807, 2.05) is 73.7 Å². The molecule has 1 N–H and O–H groups in total. The third-order valence-corrected chi connectivity index (χ3v) is 10.2.